The first-order valence-corrected chi connectivity index (χ1v) is 7.63. The first-order chi connectivity index (χ1) is 9.51. The zero-order valence-electron chi connectivity index (χ0n) is 12.5. The molecule has 0 spiro atoms. The molecule has 0 saturated heterocycles. The van der Waals surface area contributed by atoms with Crippen molar-refractivity contribution in [3.8, 4) is 0 Å². The van der Waals surface area contributed by atoms with E-state index in [0.29, 0.717) is 30.6 Å². The number of fused-ring (bicyclic) bond motifs is 2. The molecule has 4 nitrogen and oxygen atoms in total. The highest BCUT2D eigenvalue weighted by molar-refractivity contribution is 5.66. The molecule has 0 radical (unpaired) electrons. The Morgan fingerprint density at radius 2 is 1.95 bits per heavy atom. The van der Waals surface area contributed by atoms with E-state index in [0.717, 1.165) is 25.0 Å². The summed E-state index contributed by atoms with van der Waals surface area (Å²) in [7, 11) is 0. The van der Waals surface area contributed by atoms with Crippen molar-refractivity contribution < 1.29 is 19.4 Å². The number of allylic oxidation sites excluding steroid dienone is 1. The summed E-state index contributed by atoms with van der Waals surface area (Å²) in [4.78, 5) is 11.2. The van der Waals surface area contributed by atoms with Crippen LogP contribution in [-0.2, 0) is 14.3 Å². The van der Waals surface area contributed by atoms with E-state index in [1.54, 1.807) is 0 Å². The number of rotatable bonds is 6. The third-order valence-electron chi connectivity index (χ3n) is 4.71. The smallest absolute Gasteiger partial charge is 0.302 e. The van der Waals surface area contributed by atoms with Gasteiger partial charge in [0.2, 0.25) is 0 Å². The highest BCUT2D eigenvalue weighted by atomic mass is 16.5. The Morgan fingerprint density at radius 1 is 1.25 bits per heavy atom. The minimum absolute atomic E-state index is 0.0526. The summed E-state index contributed by atoms with van der Waals surface area (Å²) in [6, 6.07) is 0. The van der Waals surface area contributed by atoms with Gasteiger partial charge in [-0.2, -0.15) is 0 Å². The van der Waals surface area contributed by atoms with Crippen LogP contribution in [-0.4, -0.2) is 29.9 Å². The van der Waals surface area contributed by atoms with Crippen LogP contribution in [0.15, 0.2) is 12.3 Å². The average molecular weight is 282 g/mol. The molecule has 2 fully saturated rings. The highest BCUT2D eigenvalue weighted by Crippen LogP contribution is 2.48. The van der Waals surface area contributed by atoms with Crippen molar-refractivity contribution in [2.24, 2.45) is 17.8 Å². The van der Waals surface area contributed by atoms with Crippen molar-refractivity contribution >= 4 is 5.97 Å². The highest BCUT2D eigenvalue weighted by Gasteiger charge is 2.48. The number of aliphatic hydroxyl groups is 1. The minimum Gasteiger partial charge on any atom is -0.495 e. The fourth-order valence-corrected chi connectivity index (χ4v) is 3.81. The number of carbonyl (C=O) groups is 1. The van der Waals surface area contributed by atoms with Crippen LogP contribution in [0.4, 0.5) is 0 Å². The topological polar surface area (TPSA) is 55.8 Å². The normalized spacial score (nSPS) is 35.6. The van der Waals surface area contributed by atoms with Gasteiger partial charge in [-0.25, -0.2) is 0 Å². The van der Waals surface area contributed by atoms with Gasteiger partial charge in [0, 0.05) is 20.0 Å². The number of hydrogen-bond acceptors (Lipinski definition) is 4. The number of ether oxygens (including phenoxy) is 2. The van der Waals surface area contributed by atoms with E-state index in [1.807, 2.05) is 0 Å². The van der Waals surface area contributed by atoms with Crippen LogP contribution in [0.25, 0.3) is 0 Å². The van der Waals surface area contributed by atoms with E-state index in [1.165, 1.54) is 6.92 Å². The Hall–Kier alpha value is -1.03. The van der Waals surface area contributed by atoms with E-state index in [2.05, 4.69) is 13.5 Å². The number of esters is 1. The number of aliphatic hydroxyl groups excluding tert-OH is 1. The van der Waals surface area contributed by atoms with Crippen LogP contribution < -0.4 is 0 Å². The first-order valence-electron chi connectivity index (χ1n) is 7.63. The van der Waals surface area contributed by atoms with Crippen LogP contribution in [0, 0.1) is 17.8 Å². The summed E-state index contributed by atoms with van der Waals surface area (Å²) < 4.78 is 11.4. The lowest BCUT2D eigenvalue weighted by Crippen LogP contribution is -2.28. The lowest BCUT2D eigenvalue weighted by Gasteiger charge is -2.29. The molecule has 1 N–H and O–H groups in total. The maximum Gasteiger partial charge on any atom is 0.302 e. The van der Waals surface area contributed by atoms with Crippen molar-refractivity contribution in [2.45, 2.75) is 58.2 Å². The quantitative estimate of drug-likeness (QED) is 0.601. The van der Waals surface area contributed by atoms with Gasteiger partial charge in [0.1, 0.15) is 6.10 Å². The zero-order chi connectivity index (χ0) is 14.7. The zero-order valence-corrected chi connectivity index (χ0v) is 12.5. The molecule has 2 rings (SSSR count). The molecule has 114 valence electrons. The van der Waals surface area contributed by atoms with Gasteiger partial charge in [-0.05, 0) is 43.4 Å². The maximum absolute atomic E-state index is 11.2. The molecule has 0 aromatic rings. The van der Waals surface area contributed by atoms with Crippen LogP contribution in [0.2, 0.25) is 0 Å². The summed E-state index contributed by atoms with van der Waals surface area (Å²) in [6.45, 7) is 7.76. The molecule has 0 heterocycles. The molecule has 5 unspecified atom stereocenters. The number of carbonyl (C=O) groups excluding carboxylic acids is 1. The van der Waals surface area contributed by atoms with Crippen molar-refractivity contribution in [2.75, 3.05) is 6.61 Å². The second kappa shape index (κ2) is 6.61. The Labute approximate surface area is 121 Å². The summed E-state index contributed by atoms with van der Waals surface area (Å²) in [5.74, 6) is 2.00. The molecule has 0 aromatic carbocycles. The van der Waals surface area contributed by atoms with Gasteiger partial charge in [-0.15, -0.1) is 0 Å². The van der Waals surface area contributed by atoms with Crippen molar-refractivity contribution in [3.05, 3.63) is 12.3 Å². The van der Waals surface area contributed by atoms with Crippen molar-refractivity contribution in [1.29, 1.82) is 0 Å². The summed E-state index contributed by atoms with van der Waals surface area (Å²) in [5, 5.41) is 8.82. The van der Waals surface area contributed by atoms with Gasteiger partial charge in [0.05, 0.1) is 11.9 Å². The van der Waals surface area contributed by atoms with Gasteiger partial charge >= 0.3 is 5.97 Å². The fraction of sp³-hybridized carbons (Fsp3) is 0.812. The molecule has 5 atom stereocenters. The first kappa shape index (κ1) is 15.4. The maximum atomic E-state index is 11.2. The molecular weight excluding hydrogens is 256 g/mol. The molecule has 0 aromatic heterocycles. The lowest BCUT2D eigenvalue weighted by molar-refractivity contribution is -0.150. The van der Waals surface area contributed by atoms with Crippen LogP contribution in [0.3, 0.4) is 0 Å². The lowest BCUT2D eigenvalue weighted by atomic mass is 9.85. The molecule has 20 heavy (non-hydrogen) atoms. The molecule has 2 aliphatic carbocycles. The Bertz CT molecular complexity index is 365. The van der Waals surface area contributed by atoms with E-state index in [9.17, 15) is 4.79 Å². The predicted octanol–water partition coefficient (Wildman–Crippen LogP) is 2.66. The second-order valence-electron chi connectivity index (χ2n) is 6.27. The average Bonchev–Trinajstić information content (AvgIpc) is 2.60. The Morgan fingerprint density at radius 3 is 2.60 bits per heavy atom. The molecule has 2 aliphatic rings. The monoisotopic (exact) mass is 282 g/mol. The van der Waals surface area contributed by atoms with Gasteiger partial charge in [0.25, 0.3) is 0 Å². The van der Waals surface area contributed by atoms with Gasteiger partial charge in [-0.1, -0.05) is 13.5 Å². The molecule has 4 heteroatoms. The molecule has 0 amide bonds. The number of hydrogen-bond donors (Lipinski definition) is 1. The second-order valence-corrected chi connectivity index (χ2v) is 6.27. The van der Waals surface area contributed by atoms with Crippen LogP contribution >= 0.6 is 0 Å². The molecule has 2 bridgehead atoms. The van der Waals surface area contributed by atoms with Crippen LogP contribution in [0.1, 0.15) is 46.0 Å². The van der Waals surface area contributed by atoms with Crippen LogP contribution in [0.5, 0.6) is 0 Å². The van der Waals surface area contributed by atoms with E-state index in [-0.39, 0.29) is 24.8 Å². The minimum atomic E-state index is -0.181. The van der Waals surface area contributed by atoms with E-state index >= 15 is 0 Å². The molecule has 2 saturated carbocycles. The van der Waals surface area contributed by atoms with E-state index in [4.69, 9.17) is 14.6 Å². The Balaban J connectivity index is 1.89. The third-order valence-corrected chi connectivity index (χ3v) is 4.71. The van der Waals surface area contributed by atoms with Gasteiger partial charge in [0.15, 0.2) is 0 Å². The van der Waals surface area contributed by atoms with Crippen molar-refractivity contribution in [3.63, 3.8) is 0 Å². The SMILES string of the molecule is C=C(CCCO)OC1CC2CC(C1)C(OC(C)=O)C2C. The van der Waals surface area contributed by atoms with E-state index < -0.39 is 0 Å². The molecular formula is C16H26O4. The predicted molar refractivity (Wildman–Crippen MR) is 75.9 cm³/mol. The summed E-state index contributed by atoms with van der Waals surface area (Å²) >= 11 is 0. The third kappa shape index (κ3) is 3.54. The molecule has 0 aliphatic heterocycles. The Kier molecular flexibility index (Phi) is 5.08. The summed E-state index contributed by atoms with van der Waals surface area (Å²) in [5.41, 5.74) is 0. The standard InChI is InChI=1S/C16H26O4/c1-10(5-4-6-17)19-15-8-13-7-14(9-15)16(11(13)2)20-12(3)18/h11,13-17H,1,4-9H2,2-3H3. The fourth-order valence-electron chi connectivity index (χ4n) is 3.81. The van der Waals surface area contributed by atoms with Gasteiger partial charge < -0.3 is 14.6 Å². The largest absolute Gasteiger partial charge is 0.495 e. The summed E-state index contributed by atoms with van der Waals surface area (Å²) in [6.07, 6.45) is 4.76. The van der Waals surface area contributed by atoms with Crippen molar-refractivity contribution in [1.82, 2.24) is 0 Å². The van der Waals surface area contributed by atoms with Gasteiger partial charge in [-0.3, -0.25) is 4.79 Å².